The van der Waals surface area contributed by atoms with Gasteiger partial charge in [0, 0.05) is 12.8 Å². The van der Waals surface area contributed by atoms with Crippen LogP contribution in [0.5, 0.6) is 0 Å². The molecule has 1 atom stereocenters. The number of unbranched alkanes of at least 4 members (excludes halogenated alkanes) is 22. The molecule has 0 N–H and O–H groups in total. The number of ether oxygens (including phenoxy) is 2. The second-order valence-corrected chi connectivity index (χ2v) is 15.3. The summed E-state index contributed by atoms with van der Waals surface area (Å²) in [5.41, 5.74) is 0. The molecule has 0 rings (SSSR count). The van der Waals surface area contributed by atoms with Crippen molar-refractivity contribution in [3.63, 3.8) is 0 Å². The van der Waals surface area contributed by atoms with E-state index >= 15 is 0 Å². The number of hydrogen-bond donors (Lipinski definition) is 0. The van der Waals surface area contributed by atoms with E-state index in [9.17, 15) is 9.59 Å². The zero-order valence-corrected chi connectivity index (χ0v) is 33.6. The first-order valence-electron chi connectivity index (χ1n) is 21.3. The molecule has 0 fully saturated rings. The van der Waals surface area contributed by atoms with Crippen LogP contribution < -0.4 is 0 Å². The summed E-state index contributed by atoms with van der Waals surface area (Å²) in [5.74, 6) is -0.329. The van der Waals surface area contributed by atoms with Gasteiger partial charge in [-0.25, -0.2) is 0 Å². The summed E-state index contributed by atoms with van der Waals surface area (Å²) < 4.78 is 12.3. The van der Waals surface area contributed by atoms with Gasteiger partial charge in [0.15, 0.2) is 6.10 Å². The highest BCUT2D eigenvalue weighted by molar-refractivity contribution is 5.70. The fourth-order valence-electron chi connectivity index (χ4n) is 6.55. The van der Waals surface area contributed by atoms with E-state index in [1.54, 1.807) is 0 Å². The summed E-state index contributed by atoms with van der Waals surface area (Å²) in [6.07, 6.45) is 43.2. The van der Waals surface area contributed by atoms with Crippen LogP contribution in [0, 0.1) is 0 Å². The van der Waals surface area contributed by atoms with Crippen molar-refractivity contribution in [1.29, 1.82) is 0 Å². The lowest BCUT2D eigenvalue weighted by atomic mass is 10.1. The average Bonchev–Trinajstić information content (AvgIpc) is 3.07. The Bertz CT molecular complexity index is 790. The third kappa shape index (κ3) is 36.0. The van der Waals surface area contributed by atoms with E-state index in [1.807, 2.05) is 0 Å². The summed E-state index contributed by atoms with van der Waals surface area (Å²) >= 11 is 0. The van der Waals surface area contributed by atoms with Crippen molar-refractivity contribution in [1.82, 2.24) is 0 Å². The van der Waals surface area contributed by atoms with Crippen molar-refractivity contribution in [2.24, 2.45) is 0 Å². The Morgan fingerprint density at radius 2 is 0.857 bits per heavy atom. The predicted molar refractivity (Wildman–Crippen MR) is 212 cm³/mol. The molecular weight excluding hydrogens is 606 g/mol. The molecule has 0 saturated carbocycles. The van der Waals surface area contributed by atoms with Gasteiger partial charge >= 0.3 is 11.9 Å². The van der Waals surface area contributed by atoms with Crippen LogP contribution in [0.2, 0.25) is 0 Å². The maximum Gasteiger partial charge on any atom is 0.306 e. The number of nitrogens with zero attached hydrogens (tertiary/aromatic N) is 1. The van der Waals surface area contributed by atoms with E-state index in [1.165, 1.54) is 128 Å². The van der Waals surface area contributed by atoms with E-state index in [0.29, 0.717) is 19.4 Å². The van der Waals surface area contributed by atoms with Crippen LogP contribution >= 0.6 is 0 Å². The second-order valence-electron chi connectivity index (χ2n) is 15.3. The molecule has 0 heterocycles. The van der Waals surface area contributed by atoms with E-state index < -0.39 is 6.10 Å². The Morgan fingerprint density at radius 1 is 0.490 bits per heavy atom. The Labute approximate surface area is 306 Å². The Kier molecular flexibility index (Phi) is 35.0. The molecule has 288 valence electrons. The predicted octanol–water partition coefficient (Wildman–Crippen LogP) is 13.0. The van der Waals surface area contributed by atoms with Crippen molar-refractivity contribution >= 4 is 11.9 Å². The third-order valence-corrected chi connectivity index (χ3v) is 9.54. The van der Waals surface area contributed by atoms with E-state index in [0.717, 1.165) is 56.0 Å². The van der Waals surface area contributed by atoms with Crippen LogP contribution in [0.15, 0.2) is 24.3 Å². The van der Waals surface area contributed by atoms with Crippen molar-refractivity contribution in [2.75, 3.05) is 33.8 Å². The largest absolute Gasteiger partial charge is 0.461 e. The number of rotatable bonds is 37. The average molecular weight is 691 g/mol. The van der Waals surface area contributed by atoms with Gasteiger partial charge in [0.25, 0.3) is 0 Å². The molecule has 0 aliphatic carbocycles. The SMILES string of the molecule is CCCCCCCC/C=C\CCCCCCCC(=O)OCC(C[N+](C)(C)CCC)OC(=O)CCCCCCC/C=C\CCCCCCCC. The molecule has 5 heteroatoms. The topological polar surface area (TPSA) is 52.6 Å². The fourth-order valence-corrected chi connectivity index (χ4v) is 6.55. The van der Waals surface area contributed by atoms with Crippen LogP contribution in [0.25, 0.3) is 0 Å². The minimum atomic E-state index is -0.393. The van der Waals surface area contributed by atoms with Crippen LogP contribution in [-0.2, 0) is 19.1 Å². The van der Waals surface area contributed by atoms with Crippen molar-refractivity contribution in [3.05, 3.63) is 24.3 Å². The Balaban J connectivity index is 4.07. The molecule has 0 spiro atoms. The molecule has 0 aromatic rings. The molecule has 0 aromatic carbocycles. The lowest BCUT2D eigenvalue weighted by Gasteiger charge is -2.32. The Hall–Kier alpha value is -1.62. The van der Waals surface area contributed by atoms with Crippen molar-refractivity contribution in [2.45, 2.75) is 213 Å². The molecule has 0 aromatic heterocycles. The number of carbonyl (C=O) groups excluding carboxylic acids is 2. The fraction of sp³-hybridized carbons (Fsp3) is 0.864. The summed E-state index contributed by atoms with van der Waals surface area (Å²) in [6, 6.07) is 0. The number of esters is 2. The van der Waals surface area contributed by atoms with Gasteiger partial charge in [-0.1, -0.05) is 148 Å². The highest BCUT2D eigenvalue weighted by Crippen LogP contribution is 2.14. The van der Waals surface area contributed by atoms with Crippen LogP contribution in [-0.4, -0.2) is 56.3 Å². The van der Waals surface area contributed by atoms with Gasteiger partial charge in [-0.3, -0.25) is 9.59 Å². The molecule has 49 heavy (non-hydrogen) atoms. The lowest BCUT2D eigenvalue weighted by molar-refractivity contribution is -0.893. The smallest absolute Gasteiger partial charge is 0.306 e. The highest BCUT2D eigenvalue weighted by Gasteiger charge is 2.26. The van der Waals surface area contributed by atoms with E-state index in [4.69, 9.17) is 9.47 Å². The minimum absolute atomic E-state index is 0.160. The van der Waals surface area contributed by atoms with E-state index in [2.05, 4.69) is 59.2 Å². The molecule has 0 bridgehead atoms. The molecule has 0 saturated heterocycles. The number of carbonyl (C=O) groups is 2. The highest BCUT2D eigenvalue weighted by atomic mass is 16.6. The second kappa shape index (κ2) is 36.2. The minimum Gasteiger partial charge on any atom is -0.461 e. The first-order chi connectivity index (χ1) is 23.8. The van der Waals surface area contributed by atoms with Gasteiger partial charge < -0.3 is 14.0 Å². The monoisotopic (exact) mass is 691 g/mol. The van der Waals surface area contributed by atoms with Crippen LogP contribution in [0.3, 0.4) is 0 Å². The zero-order valence-electron chi connectivity index (χ0n) is 33.6. The quantitative estimate of drug-likeness (QED) is 0.0282. The normalized spacial score (nSPS) is 12.7. The van der Waals surface area contributed by atoms with Gasteiger partial charge in [-0.2, -0.15) is 0 Å². The number of allylic oxidation sites excluding steroid dienone is 4. The maximum atomic E-state index is 12.7. The summed E-state index contributed by atoms with van der Waals surface area (Å²) in [4.78, 5) is 25.2. The first-order valence-corrected chi connectivity index (χ1v) is 21.3. The maximum absolute atomic E-state index is 12.7. The lowest BCUT2D eigenvalue weighted by Crippen LogP contribution is -2.48. The molecule has 0 radical (unpaired) electrons. The standard InChI is InChI=1S/C44H84NO4/c1-6-9-11-13-15-17-19-21-23-25-27-29-31-33-35-37-43(46)48-41-42(40-45(4,5)39-8-3)49-44(47)38-36-34-32-30-28-26-24-22-20-18-16-14-12-10-7-2/h21-24,42H,6-20,25-41H2,1-5H3/q+1/b23-21-,24-22-. The van der Waals surface area contributed by atoms with Crippen LogP contribution in [0.1, 0.15) is 207 Å². The van der Waals surface area contributed by atoms with Gasteiger partial charge in [0.05, 0.1) is 20.6 Å². The van der Waals surface area contributed by atoms with Gasteiger partial charge in [-0.05, 0) is 70.6 Å². The summed E-state index contributed by atoms with van der Waals surface area (Å²) in [6.45, 7) is 8.52. The van der Waals surface area contributed by atoms with E-state index in [-0.39, 0.29) is 18.5 Å². The zero-order chi connectivity index (χ0) is 36.1. The van der Waals surface area contributed by atoms with Gasteiger partial charge in [-0.15, -0.1) is 0 Å². The number of quaternary nitrogens is 1. The molecule has 0 amide bonds. The van der Waals surface area contributed by atoms with Gasteiger partial charge in [0.2, 0.25) is 0 Å². The molecule has 0 aliphatic heterocycles. The Morgan fingerprint density at radius 3 is 1.27 bits per heavy atom. The number of hydrogen-bond acceptors (Lipinski definition) is 4. The van der Waals surface area contributed by atoms with Gasteiger partial charge in [0.1, 0.15) is 13.2 Å². The molecule has 5 nitrogen and oxygen atoms in total. The third-order valence-electron chi connectivity index (χ3n) is 9.54. The molecular formula is C44H84NO4+. The van der Waals surface area contributed by atoms with Crippen molar-refractivity contribution in [3.8, 4) is 0 Å². The summed E-state index contributed by atoms with van der Waals surface area (Å²) in [7, 11) is 4.31. The molecule has 0 aliphatic rings. The summed E-state index contributed by atoms with van der Waals surface area (Å²) in [5, 5.41) is 0. The van der Waals surface area contributed by atoms with Crippen molar-refractivity contribution < 1.29 is 23.5 Å². The molecule has 1 unspecified atom stereocenters. The van der Waals surface area contributed by atoms with Crippen LogP contribution in [0.4, 0.5) is 0 Å². The number of likely N-dealkylation sites (N-methyl/N-ethyl adjacent to an activating group) is 1. The first kappa shape index (κ1) is 47.4.